The Bertz CT molecular complexity index is 370. The second kappa shape index (κ2) is 4.86. The molecule has 0 aliphatic rings. The number of nitrogens with zero attached hydrogens (tertiary/aromatic N) is 3. The van der Waals surface area contributed by atoms with Crippen molar-refractivity contribution < 1.29 is 9.90 Å². The number of halogens is 1. The molecule has 0 saturated heterocycles. The lowest BCUT2D eigenvalue weighted by molar-refractivity contribution is 0.192. The fourth-order valence-electron chi connectivity index (χ4n) is 1.17. The molecule has 1 aromatic heterocycles. The molecule has 1 rings (SSSR count). The quantitative estimate of drug-likeness (QED) is 0.931. The molecule has 0 unspecified atom stereocenters. The first-order valence-corrected chi connectivity index (χ1v) is 5.79. The van der Waals surface area contributed by atoms with Crippen LogP contribution in [0.15, 0.2) is 17.1 Å². The molecule has 0 aliphatic heterocycles. The zero-order chi connectivity index (χ0) is 12.3. The third-order valence-electron chi connectivity index (χ3n) is 2.11. The number of hydrogen-bond acceptors (Lipinski definition) is 2. The normalized spacial score (nSPS) is 11.5. The number of hydrogen-bond donors (Lipinski definition) is 1. The summed E-state index contributed by atoms with van der Waals surface area (Å²) in [5.41, 5.74) is 0.103. The molecule has 1 N–H and O–H groups in total. The van der Waals surface area contributed by atoms with Crippen molar-refractivity contribution in [2.75, 3.05) is 11.6 Å². The Kier molecular flexibility index (Phi) is 3.96. The Labute approximate surface area is 103 Å². The molecule has 0 radical (unpaired) electrons. The highest BCUT2D eigenvalue weighted by atomic mass is 79.9. The maximum Gasteiger partial charge on any atom is 0.426 e. The Morgan fingerprint density at radius 2 is 2.25 bits per heavy atom. The number of carboxylic acid groups (broad SMARTS) is 1. The highest BCUT2D eigenvalue weighted by Crippen LogP contribution is 2.18. The maximum absolute atomic E-state index is 11.1. The van der Waals surface area contributed by atoms with Crippen LogP contribution >= 0.6 is 15.9 Å². The lowest BCUT2D eigenvalue weighted by Crippen LogP contribution is -2.40. The lowest BCUT2D eigenvalue weighted by atomic mass is 9.92. The Balaban J connectivity index is 2.73. The minimum atomic E-state index is -0.978. The van der Waals surface area contributed by atoms with Crippen LogP contribution in [0.4, 0.5) is 4.79 Å². The van der Waals surface area contributed by atoms with Crippen LogP contribution < -0.4 is 5.01 Å². The minimum absolute atomic E-state index is 0.103. The summed E-state index contributed by atoms with van der Waals surface area (Å²) in [4.78, 5) is 15.0. The third kappa shape index (κ3) is 3.84. The van der Waals surface area contributed by atoms with E-state index in [0.717, 1.165) is 6.42 Å². The van der Waals surface area contributed by atoms with Gasteiger partial charge in [0.05, 0.1) is 6.20 Å². The van der Waals surface area contributed by atoms with E-state index in [1.165, 1.54) is 16.0 Å². The first kappa shape index (κ1) is 13.0. The highest BCUT2D eigenvalue weighted by Gasteiger charge is 2.18. The van der Waals surface area contributed by atoms with E-state index in [2.05, 4.69) is 41.7 Å². The fraction of sp³-hybridized carbons (Fsp3) is 0.600. The van der Waals surface area contributed by atoms with Gasteiger partial charge in [0, 0.05) is 6.54 Å². The molecule has 90 valence electrons. The van der Waals surface area contributed by atoms with Gasteiger partial charge >= 0.3 is 6.09 Å². The first-order chi connectivity index (χ1) is 7.29. The van der Waals surface area contributed by atoms with Crippen LogP contribution in [0.2, 0.25) is 0 Å². The van der Waals surface area contributed by atoms with Crippen LogP contribution in [-0.2, 0) is 0 Å². The van der Waals surface area contributed by atoms with Gasteiger partial charge in [0.1, 0.15) is 10.9 Å². The predicted octanol–water partition coefficient (Wildman–Crippen LogP) is 2.70. The van der Waals surface area contributed by atoms with Crippen molar-refractivity contribution in [2.24, 2.45) is 5.41 Å². The van der Waals surface area contributed by atoms with Crippen LogP contribution in [0.5, 0.6) is 0 Å². The number of rotatable bonds is 3. The van der Waals surface area contributed by atoms with Crippen LogP contribution in [-0.4, -0.2) is 27.4 Å². The SMILES string of the molecule is CC(C)(C)CCN(C(=O)O)n1cnc(Br)c1. The highest BCUT2D eigenvalue weighted by molar-refractivity contribution is 9.10. The molecule has 0 fully saturated rings. The fourth-order valence-corrected chi connectivity index (χ4v) is 1.47. The van der Waals surface area contributed by atoms with E-state index < -0.39 is 6.09 Å². The first-order valence-electron chi connectivity index (χ1n) is 5.00. The lowest BCUT2D eigenvalue weighted by Gasteiger charge is -2.24. The van der Waals surface area contributed by atoms with E-state index in [9.17, 15) is 4.79 Å². The van der Waals surface area contributed by atoms with E-state index in [4.69, 9.17) is 5.11 Å². The predicted molar refractivity (Wildman–Crippen MR) is 65.1 cm³/mol. The van der Waals surface area contributed by atoms with Crippen molar-refractivity contribution in [3.63, 3.8) is 0 Å². The smallest absolute Gasteiger partial charge is 0.426 e. The monoisotopic (exact) mass is 289 g/mol. The van der Waals surface area contributed by atoms with Crippen molar-refractivity contribution in [3.05, 3.63) is 17.1 Å². The number of aromatic nitrogens is 2. The number of amides is 1. The molecule has 0 atom stereocenters. The molecule has 0 aliphatic carbocycles. The Morgan fingerprint density at radius 1 is 1.62 bits per heavy atom. The van der Waals surface area contributed by atoms with Crippen molar-refractivity contribution in [2.45, 2.75) is 27.2 Å². The Morgan fingerprint density at radius 3 is 2.62 bits per heavy atom. The van der Waals surface area contributed by atoms with Gasteiger partial charge in [-0.25, -0.2) is 19.5 Å². The van der Waals surface area contributed by atoms with Gasteiger partial charge in [-0.15, -0.1) is 0 Å². The number of imidazole rings is 1. The molecule has 1 heterocycles. The van der Waals surface area contributed by atoms with Gasteiger partial charge in [-0.3, -0.25) is 0 Å². The third-order valence-corrected chi connectivity index (χ3v) is 2.52. The van der Waals surface area contributed by atoms with Crippen LogP contribution in [0.3, 0.4) is 0 Å². The summed E-state index contributed by atoms with van der Waals surface area (Å²) in [6.07, 6.45) is 2.90. The van der Waals surface area contributed by atoms with Crippen molar-refractivity contribution in [1.29, 1.82) is 0 Å². The molecule has 1 amide bonds. The Hall–Kier alpha value is -1.04. The van der Waals surface area contributed by atoms with Gasteiger partial charge in [-0.2, -0.15) is 0 Å². The van der Waals surface area contributed by atoms with E-state index in [1.807, 2.05) is 0 Å². The van der Waals surface area contributed by atoms with E-state index in [0.29, 0.717) is 11.1 Å². The molecule has 6 heteroatoms. The minimum Gasteiger partial charge on any atom is -0.464 e. The van der Waals surface area contributed by atoms with Gasteiger partial charge < -0.3 is 5.11 Å². The molecule has 16 heavy (non-hydrogen) atoms. The number of carbonyl (C=O) groups is 1. The van der Waals surface area contributed by atoms with E-state index in [-0.39, 0.29) is 5.41 Å². The average Bonchev–Trinajstić information content (AvgIpc) is 2.49. The second-order valence-corrected chi connectivity index (χ2v) is 5.61. The van der Waals surface area contributed by atoms with Gasteiger partial charge in [-0.1, -0.05) is 20.8 Å². The molecule has 0 saturated carbocycles. The summed E-state index contributed by atoms with van der Waals surface area (Å²) in [6, 6.07) is 0. The summed E-state index contributed by atoms with van der Waals surface area (Å²) in [7, 11) is 0. The van der Waals surface area contributed by atoms with Gasteiger partial charge in [0.15, 0.2) is 0 Å². The van der Waals surface area contributed by atoms with Crippen LogP contribution in [0.25, 0.3) is 0 Å². The van der Waals surface area contributed by atoms with Gasteiger partial charge in [-0.05, 0) is 27.8 Å². The van der Waals surface area contributed by atoms with Crippen LogP contribution in [0, 0.1) is 5.41 Å². The zero-order valence-corrected chi connectivity index (χ0v) is 11.2. The topological polar surface area (TPSA) is 58.4 Å². The van der Waals surface area contributed by atoms with Crippen molar-refractivity contribution in [3.8, 4) is 0 Å². The molecular formula is C10H16BrN3O2. The summed E-state index contributed by atoms with van der Waals surface area (Å²) >= 11 is 3.19. The molecule has 0 spiro atoms. The van der Waals surface area contributed by atoms with Gasteiger partial charge in [0.25, 0.3) is 0 Å². The second-order valence-electron chi connectivity index (χ2n) is 4.79. The standard InChI is InChI=1S/C10H16BrN3O2/c1-10(2,3)4-5-14(9(15)16)13-6-8(11)12-7-13/h6-7H,4-5H2,1-3H3,(H,15,16). The van der Waals surface area contributed by atoms with E-state index >= 15 is 0 Å². The summed E-state index contributed by atoms with van der Waals surface area (Å²) < 4.78 is 2.09. The molecule has 1 aromatic rings. The average molecular weight is 290 g/mol. The van der Waals surface area contributed by atoms with Crippen LogP contribution in [0.1, 0.15) is 27.2 Å². The molecular weight excluding hydrogens is 274 g/mol. The van der Waals surface area contributed by atoms with Gasteiger partial charge in [0.2, 0.25) is 0 Å². The molecule has 0 bridgehead atoms. The summed E-state index contributed by atoms with van der Waals surface area (Å²) in [5.74, 6) is 0. The van der Waals surface area contributed by atoms with Crippen molar-refractivity contribution in [1.82, 2.24) is 9.66 Å². The molecule has 0 aromatic carbocycles. The molecule has 5 nitrogen and oxygen atoms in total. The summed E-state index contributed by atoms with van der Waals surface area (Å²) in [5, 5.41) is 10.3. The largest absolute Gasteiger partial charge is 0.464 e. The summed E-state index contributed by atoms with van der Waals surface area (Å²) in [6.45, 7) is 6.69. The van der Waals surface area contributed by atoms with Crippen molar-refractivity contribution >= 4 is 22.0 Å². The zero-order valence-electron chi connectivity index (χ0n) is 9.64. The van der Waals surface area contributed by atoms with E-state index in [1.54, 1.807) is 6.20 Å². The maximum atomic E-state index is 11.1.